The topological polar surface area (TPSA) is 57.0 Å². The molecular weight excluding hydrogens is 195 g/mol. The summed E-state index contributed by atoms with van der Waals surface area (Å²) in [6.45, 7) is 0. The van der Waals surface area contributed by atoms with Crippen LogP contribution in [0.2, 0.25) is 0 Å². The van der Waals surface area contributed by atoms with E-state index < -0.39 is 0 Å². The van der Waals surface area contributed by atoms with E-state index in [1.54, 1.807) is 0 Å². The molecule has 0 bridgehead atoms. The minimum absolute atomic E-state index is 0. The van der Waals surface area contributed by atoms with Gasteiger partial charge in [-0.3, -0.25) is 0 Å². The molecule has 0 N–H and O–H groups in total. The Morgan fingerprint density at radius 1 is 0.750 bits per heavy atom. The van der Waals surface area contributed by atoms with Gasteiger partial charge in [0.15, 0.2) is 0 Å². The maximum atomic E-state index is 0. The summed E-state index contributed by atoms with van der Waals surface area (Å²) in [5.74, 6) is 0. The molecule has 2 nitrogen and oxygen atoms in total. The van der Waals surface area contributed by atoms with E-state index in [1.807, 2.05) is 0 Å². The van der Waals surface area contributed by atoms with Gasteiger partial charge in [-0.2, -0.15) is 0 Å². The molecule has 0 aliphatic heterocycles. The molecule has 4 heavy (non-hydrogen) atoms. The average Bonchev–Trinajstić information content (AvgIpc) is 0. The molecule has 4 heteroatoms. The Morgan fingerprint density at radius 2 is 0.750 bits per heavy atom. The van der Waals surface area contributed by atoms with E-state index in [0.717, 1.165) is 0 Å². The molecule has 0 aliphatic carbocycles. The second-order valence-electron chi connectivity index (χ2n) is 0. The molecule has 0 aromatic heterocycles. The van der Waals surface area contributed by atoms with E-state index in [2.05, 4.69) is 0 Å². The molecule has 0 rings (SSSR count). The number of hydrogen-bond donors (Lipinski definition) is 0. The van der Waals surface area contributed by atoms with Gasteiger partial charge in [0.1, 0.15) is 0 Å². The first-order chi connectivity index (χ1) is 0. The third-order valence-electron chi connectivity index (χ3n) is 0. The molecular formula is LaMgO2+. The zero-order valence-corrected chi connectivity index (χ0v) is 7.14. The first-order valence-electron chi connectivity index (χ1n) is 0. The molecule has 0 atom stereocenters. The number of hydrogen-bond acceptors (Lipinski definition) is 0. The van der Waals surface area contributed by atoms with E-state index in [1.165, 1.54) is 0 Å². The summed E-state index contributed by atoms with van der Waals surface area (Å²) in [5, 5.41) is 0. The van der Waals surface area contributed by atoms with Gasteiger partial charge >= 0.3 is 58.7 Å². The van der Waals surface area contributed by atoms with Crippen LogP contribution in [0.3, 0.4) is 0 Å². The van der Waals surface area contributed by atoms with Gasteiger partial charge < -0.3 is 11.0 Å². The van der Waals surface area contributed by atoms with Crippen LogP contribution in [0.5, 0.6) is 0 Å². The van der Waals surface area contributed by atoms with Crippen molar-refractivity contribution in [1.82, 2.24) is 0 Å². The van der Waals surface area contributed by atoms with Crippen molar-refractivity contribution in [3.8, 4) is 0 Å². The molecule has 0 aromatic rings. The normalized spacial score (nSPS) is 0. The van der Waals surface area contributed by atoms with Crippen LogP contribution < -0.4 is 0 Å². The van der Waals surface area contributed by atoms with Gasteiger partial charge in [-0.25, -0.2) is 0 Å². The minimum atomic E-state index is 0. The summed E-state index contributed by atoms with van der Waals surface area (Å²) in [4.78, 5) is 0. The quantitative estimate of drug-likeness (QED) is 0.463. The zero-order chi connectivity index (χ0) is 0. The first kappa shape index (κ1) is 39.6. The Labute approximate surface area is 68.7 Å². The van der Waals surface area contributed by atoms with Gasteiger partial charge in [0, 0.05) is 0 Å². The molecule has 16 valence electrons. The van der Waals surface area contributed by atoms with Crippen molar-refractivity contribution in [2.45, 2.75) is 0 Å². The van der Waals surface area contributed by atoms with E-state index in [4.69, 9.17) is 0 Å². The van der Waals surface area contributed by atoms with Crippen LogP contribution in [0, 0.1) is 35.6 Å². The van der Waals surface area contributed by atoms with Crippen molar-refractivity contribution in [1.29, 1.82) is 0 Å². The zero-order valence-electron chi connectivity index (χ0n) is 2.10. The maximum absolute atomic E-state index is 0. The van der Waals surface area contributed by atoms with Crippen molar-refractivity contribution < 1.29 is 46.6 Å². The number of rotatable bonds is 0. The Balaban J connectivity index is 0. The van der Waals surface area contributed by atoms with Crippen LogP contribution in [0.25, 0.3) is 0 Å². The van der Waals surface area contributed by atoms with Gasteiger partial charge in [0.05, 0.1) is 0 Å². The standard InChI is InChI=1S/La.Mg.2O/q+3;+2;2*-2. The van der Waals surface area contributed by atoms with Crippen molar-refractivity contribution in [3.05, 3.63) is 0 Å². The summed E-state index contributed by atoms with van der Waals surface area (Å²) in [7, 11) is 0. The smallest absolute Gasteiger partial charge is 2.00 e. The predicted molar refractivity (Wildman–Crippen MR) is 7.13 cm³/mol. The van der Waals surface area contributed by atoms with Crippen molar-refractivity contribution in [2.24, 2.45) is 0 Å². The second kappa shape index (κ2) is 20.8. The molecule has 0 amide bonds. The first-order valence-corrected chi connectivity index (χ1v) is 0. The van der Waals surface area contributed by atoms with Gasteiger partial charge in [0.2, 0.25) is 0 Å². The van der Waals surface area contributed by atoms with Gasteiger partial charge in [-0.15, -0.1) is 0 Å². The van der Waals surface area contributed by atoms with Crippen molar-refractivity contribution >= 4 is 23.1 Å². The summed E-state index contributed by atoms with van der Waals surface area (Å²) in [6.07, 6.45) is 0. The molecule has 0 fully saturated rings. The molecule has 0 radical (unpaired) electrons. The summed E-state index contributed by atoms with van der Waals surface area (Å²) in [5.41, 5.74) is 0. The van der Waals surface area contributed by atoms with E-state index in [9.17, 15) is 0 Å². The Morgan fingerprint density at radius 3 is 0.750 bits per heavy atom. The van der Waals surface area contributed by atoms with Crippen LogP contribution in [0.15, 0.2) is 0 Å². The van der Waals surface area contributed by atoms with E-state index in [0.29, 0.717) is 0 Å². The monoisotopic (exact) mass is 195 g/mol. The van der Waals surface area contributed by atoms with Gasteiger partial charge in [-0.1, -0.05) is 0 Å². The fourth-order valence-electron chi connectivity index (χ4n) is 0. The van der Waals surface area contributed by atoms with Gasteiger partial charge in [-0.05, 0) is 0 Å². The summed E-state index contributed by atoms with van der Waals surface area (Å²) < 4.78 is 0. The molecule has 0 spiro atoms. The molecule has 0 unspecified atom stereocenters. The summed E-state index contributed by atoms with van der Waals surface area (Å²) in [6, 6.07) is 0. The Bertz CT molecular complexity index is 6.00. The molecule has 0 heterocycles. The second-order valence-corrected chi connectivity index (χ2v) is 0. The van der Waals surface area contributed by atoms with Gasteiger partial charge in [0.25, 0.3) is 0 Å². The van der Waals surface area contributed by atoms with Crippen LogP contribution in [0.1, 0.15) is 0 Å². The fourth-order valence-corrected chi connectivity index (χ4v) is 0. The fraction of sp³-hybridized carbons (Fsp3) is 0. The average molecular weight is 195 g/mol. The molecule has 0 saturated heterocycles. The van der Waals surface area contributed by atoms with Crippen LogP contribution in [0.4, 0.5) is 0 Å². The Kier molecular flexibility index (Phi) is 206. The minimum Gasteiger partial charge on any atom is -2.00 e. The van der Waals surface area contributed by atoms with E-state index >= 15 is 0 Å². The SMILES string of the molecule is [La+3].[Mg+2].[O-2].[O-2]. The van der Waals surface area contributed by atoms with Crippen molar-refractivity contribution in [3.63, 3.8) is 0 Å². The molecule has 0 aliphatic rings. The van der Waals surface area contributed by atoms with Crippen molar-refractivity contribution in [2.75, 3.05) is 0 Å². The maximum Gasteiger partial charge on any atom is 3.00 e. The van der Waals surface area contributed by atoms with Crippen LogP contribution in [-0.4, -0.2) is 23.1 Å². The summed E-state index contributed by atoms with van der Waals surface area (Å²) >= 11 is 0. The molecule has 0 saturated carbocycles. The largest absolute Gasteiger partial charge is 3.00 e. The third-order valence-corrected chi connectivity index (χ3v) is 0. The van der Waals surface area contributed by atoms with Crippen LogP contribution in [-0.2, 0) is 11.0 Å². The predicted octanol–water partition coefficient (Wildman–Crippen LogP) is -0.618. The Hall–Kier alpha value is 1.88. The third kappa shape index (κ3) is 9.10. The van der Waals surface area contributed by atoms with E-state index in [-0.39, 0.29) is 69.6 Å². The van der Waals surface area contributed by atoms with Crippen LogP contribution >= 0.6 is 0 Å². The molecule has 0 aromatic carbocycles.